The van der Waals surface area contributed by atoms with E-state index in [2.05, 4.69) is 33.4 Å². The SMILES string of the molecule is Cc1ccc(NC(=O)c2ccc(CCl)cc2)cc1NC1N=C(C2=CNCC=C2)C=CN1. The van der Waals surface area contributed by atoms with Crippen molar-refractivity contribution in [3.05, 3.63) is 95.4 Å². The van der Waals surface area contributed by atoms with Crippen LogP contribution in [0.1, 0.15) is 21.5 Å². The quantitative estimate of drug-likeness (QED) is 0.513. The highest BCUT2D eigenvalue weighted by Gasteiger charge is 2.14. The zero-order valence-electron chi connectivity index (χ0n) is 17.2. The van der Waals surface area contributed by atoms with E-state index in [-0.39, 0.29) is 12.2 Å². The number of aryl methyl sites for hydroxylation is 1. The fourth-order valence-electron chi connectivity index (χ4n) is 3.26. The molecule has 0 saturated heterocycles. The Balaban J connectivity index is 1.47. The minimum absolute atomic E-state index is 0.168. The molecule has 2 aliphatic heterocycles. The first-order valence-electron chi connectivity index (χ1n) is 10.1. The summed E-state index contributed by atoms with van der Waals surface area (Å²) < 4.78 is 0. The molecule has 4 N–H and O–H groups in total. The van der Waals surface area contributed by atoms with Gasteiger partial charge in [-0.2, -0.15) is 0 Å². The number of rotatable bonds is 6. The Bertz CT molecular complexity index is 1090. The maximum atomic E-state index is 12.6. The molecular formula is C24H24ClN5O. The van der Waals surface area contributed by atoms with Crippen molar-refractivity contribution < 1.29 is 4.79 Å². The molecule has 2 aromatic carbocycles. The third-order valence-electron chi connectivity index (χ3n) is 5.01. The number of nitrogens with one attached hydrogen (secondary N) is 4. The predicted octanol–water partition coefficient (Wildman–Crippen LogP) is 4.28. The van der Waals surface area contributed by atoms with Gasteiger partial charge in [-0.1, -0.05) is 30.4 Å². The van der Waals surface area contributed by atoms with Gasteiger partial charge in [-0.05, 0) is 48.4 Å². The molecule has 0 fully saturated rings. The lowest BCUT2D eigenvalue weighted by molar-refractivity contribution is 0.102. The van der Waals surface area contributed by atoms with Crippen LogP contribution in [0.3, 0.4) is 0 Å². The molecule has 6 nitrogen and oxygen atoms in total. The van der Waals surface area contributed by atoms with Gasteiger partial charge < -0.3 is 21.3 Å². The molecule has 2 heterocycles. The van der Waals surface area contributed by atoms with Crippen molar-refractivity contribution in [3.63, 3.8) is 0 Å². The van der Waals surface area contributed by atoms with Crippen LogP contribution in [-0.2, 0) is 5.88 Å². The summed E-state index contributed by atoms with van der Waals surface area (Å²) in [4.78, 5) is 17.3. The predicted molar refractivity (Wildman–Crippen MR) is 127 cm³/mol. The fourth-order valence-corrected chi connectivity index (χ4v) is 3.44. The van der Waals surface area contributed by atoms with Crippen LogP contribution in [0.5, 0.6) is 0 Å². The standard InChI is InChI=1S/C24H24ClN5O/c1-16-4-9-20(28-23(31)18-7-5-17(14-25)6-8-18)13-22(16)30-24-27-12-10-21(29-24)19-3-2-11-26-15-19/h2-10,12-13,15,24,26-27,30H,11,14H2,1H3,(H,28,31). The van der Waals surface area contributed by atoms with Gasteiger partial charge >= 0.3 is 0 Å². The Hall–Kier alpha value is -3.51. The fraction of sp³-hybridized carbons (Fsp3) is 0.167. The number of anilines is 2. The van der Waals surface area contributed by atoms with E-state index in [1.165, 1.54) is 0 Å². The van der Waals surface area contributed by atoms with Gasteiger partial charge in [0.1, 0.15) is 0 Å². The molecule has 31 heavy (non-hydrogen) atoms. The van der Waals surface area contributed by atoms with E-state index >= 15 is 0 Å². The Kier molecular flexibility index (Phi) is 6.38. The van der Waals surface area contributed by atoms with E-state index in [9.17, 15) is 4.79 Å². The summed E-state index contributed by atoms with van der Waals surface area (Å²) >= 11 is 5.82. The monoisotopic (exact) mass is 433 g/mol. The number of aliphatic imine (C=N–C) groups is 1. The van der Waals surface area contributed by atoms with Crippen LogP contribution in [0.4, 0.5) is 11.4 Å². The molecule has 0 aromatic heterocycles. The van der Waals surface area contributed by atoms with E-state index in [1.807, 2.05) is 55.7 Å². The maximum absolute atomic E-state index is 12.6. The number of amides is 1. The minimum atomic E-state index is -0.316. The van der Waals surface area contributed by atoms with Crippen LogP contribution in [0.2, 0.25) is 0 Å². The number of benzene rings is 2. The number of nitrogens with zero attached hydrogens (tertiary/aromatic N) is 1. The van der Waals surface area contributed by atoms with Crippen LogP contribution in [0, 0.1) is 6.92 Å². The largest absolute Gasteiger partial charge is 0.387 e. The molecule has 0 bridgehead atoms. The Labute approximate surface area is 186 Å². The maximum Gasteiger partial charge on any atom is 0.255 e. The van der Waals surface area contributed by atoms with Crippen molar-refractivity contribution in [2.45, 2.75) is 19.1 Å². The molecule has 0 spiro atoms. The lowest BCUT2D eigenvalue weighted by atomic mass is 10.1. The van der Waals surface area contributed by atoms with Crippen molar-refractivity contribution in [1.29, 1.82) is 0 Å². The molecule has 0 radical (unpaired) electrons. The zero-order chi connectivity index (χ0) is 21.6. The highest BCUT2D eigenvalue weighted by molar-refractivity contribution is 6.17. The second kappa shape index (κ2) is 9.53. The summed E-state index contributed by atoms with van der Waals surface area (Å²) in [5.41, 5.74) is 6.13. The molecule has 2 aliphatic rings. The molecule has 1 atom stereocenters. The van der Waals surface area contributed by atoms with E-state index in [4.69, 9.17) is 16.6 Å². The highest BCUT2D eigenvalue weighted by Crippen LogP contribution is 2.22. The van der Waals surface area contributed by atoms with Crippen molar-refractivity contribution in [2.75, 3.05) is 17.2 Å². The Morgan fingerprint density at radius 3 is 2.77 bits per heavy atom. The summed E-state index contributed by atoms with van der Waals surface area (Å²) in [5, 5.41) is 12.8. The summed E-state index contributed by atoms with van der Waals surface area (Å²) in [6, 6.07) is 13.0. The molecule has 0 saturated carbocycles. The van der Waals surface area contributed by atoms with E-state index < -0.39 is 0 Å². The Morgan fingerprint density at radius 2 is 2.03 bits per heavy atom. The first-order chi connectivity index (χ1) is 15.1. The van der Waals surface area contributed by atoms with Gasteiger partial charge in [0.05, 0.1) is 5.71 Å². The minimum Gasteiger partial charge on any atom is -0.387 e. The molecule has 158 valence electrons. The van der Waals surface area contributed by atoms with Crippen molar-refractivity contribution in [2.24, 2.45) is 4.99 Å². The number of carbonyl (C=O) groups is 1. The second-order valence-electron chi connectivity index (χ2n) is 7.29. The van der Waals surface area contributed by atoms with Crippen molar-refractivity contribution >= 4 is 34.6 Å². The smallest absolute Gasteiger partial charge is 0.255 e. The van der Waals surface area contributed by atoms with Gasteiger partial charge in [-0.3, -0.25) is 4.79 Å². The van der Waals surface area contributed by atoms with Crippen LogP contribution in [0.25, 0.3) is 0 Å². The number of halogens is 1. The van der Waals surface area contributed by atoms with E-state index in [1.54, 1.807) is 12.1 Å². The molecule has 1 unspecified atom stereocenters. The Morgan fingerprint density at radius 1 is 1.19 bits per heavy atom. The summed E-state index contributed by atoms with van der Waals surface area (Å²) in [6.07, 6.45) is 9.60. The molecule has 4 rings (SSSR count). The molecule has 2 aromatic rings. The normalized spacial score (nSPS) is 17.2. The third-order valence-corrected chi connectivity index (χ3v) is 5.32. The lowest BCUT2D eigenvalue weighted by Crippen LogP contribution is -2.35. The second-order valence-corrected chi connectivity index (χ2v) is 7.55. The van der Waals surface area contributed by atoms with Gasteiger partial charge in [-0.15, -0.1) is 11.6 Å². The molecule has 0 aliphatic carbocycles. The number of allylic oxidation sites excluding steroid dienone is 3. The van der Waals surface area contributed by atoms with Crippen LogP contribution in [-0.4, -0.2) is 24.5 Å². The number of hydrogen-bond acceptors (Lipinski definition) is 5. The third kappa shape index (κ3) is 5.16. The molecule has 7 heteroatoms. The molecular weight excluding hydrogens is 410 g/mol. The summed E-state index contributed by atoms with van der Waals surface area (Å²) in [6.45, 7) is 2.84. The number of dihydropyridines is 1. The van der Waals surface area contributed by atoms with Gasteiger partial charge in [0.15, 0.2) is 6.29 Å². The number of carbonyl (C=O) groups excluding carboxylic acids is 1. The zero-order valence-corrected chi connectivity index (χ0v) is 17.9. The van der Waals surface area contributed by atoms with E-state index in [0.29, 0.717) is 17.1 Å². The average molecular weight is 434 g/mol. The van der Waals surface area contributed by atoms with Crippen LogP contribution < -0.4 is 21.3 Å². The van der Waals surface area contributed by atoms with Crippen molar-refractivity contribution in [1.82, 2.24) is 10.6 Å². The summed E-state index contributed by atoms with van der Waals surface area (Å²) in [5.74, 6) is 0.256. The first-order valence-corrected chi connectivity index (χ1v) is 10.6. The van der Waals surface area contributed by atoms with Crippen molar-refractivity contribution in [3.8, 4) is 0 Å². The number of alkyl halides is 1. The first kappa shape index (κ1) is 20.8. The van der Waals surface area contributed by atoms with Gasteiger partial charge in [0, 0.05) is 47.3 Å². The topological polar surface area (TPSA) is 77.5 Å². The lowest BCUT2D eigenvalue weighted by Gasteiger charge is -2.23. The molecule has 1 amide bonds. The van der Waals surface area contributed by atoms with Gasteiger partial charge in [-0.25, -0.2) is 4.99 Å². The highest BCUT2D eigenvalue weighted by atomic mass is 35.5. The van der Waals surface area contributed by atoms with Gasteiger partial charge in [0.2, 0.25) is 0 Å². The van der Waals surface area contributed by atoms with Crippen LogP contribution >= 0.6 is 11.6 Å². The summed E-state index contributed by atoms with van der Waals surface area (Å²) in [7, 11) is 0. The number of hydrogen-bond donors (Lipinski definition) is 4. The average Bonchev–Trinajstić information content (AvgIpc) is 2.82. The van der Waals surface area contributed by atoms with E-state index in [0.717, 1.165) is 34.6 Å². The van der Waals surface area contributed by atoms with Gasteiger partial charge in [0.25, 0.3) is 5.91 Å². The van der Waals surface area contributed by atoms with Crippen LogP contribution in [0.15, 0.2) is 83.7 Å².